The molecular formula is C11H14FN3. The summed E-state index contributed by atoms with van der Waals surface area (Å²) < 4.78 is 12.9. The number of anilines is 1. The second-order valence-electron chi connectivity index (χ2n) is 4.53. The molecule has 80 valence electrons. The van der Waals surface area contributed by atoms with Gasteiger partial charge in [0.1, 0.15) is 12.1 Å². The van der Waals surface area contributed by atoms with Gasteiger partial charge in [-0.05, 0) is 31.1 Å². The fourth-order valence-corrected chi connectivity index (χ4v) is 2.44. The van der Waals surface area contributed by atoms with Crippen LogP contribution in [0.5, 0.6) is 0 Å². The van der Waals surface area contributed by atoms with Crippen molar-refractivity contribution in [2.75, 3.05) is 18.0 Å². The third-order valence-corrected chi connectivity index (χ3v) is 3.46. The molecule has 0 spiro atoms. The zero-order chi connectivity index (χ0) is 10.3. The van der Waals surface area contributed by atoms with Crippen molar-refractivity contribution in [3.63, 3.8) is 0 Å². The highest BCUT2D eigenvalue weighted by atomic mass is 19.1. The van der Waals surface area contributed by atoms with Gasteiger partial charge in [-0.2, -0.15) is 4.39 Å². The predicted octanol–water partition coefficient (Wildman–Crippen LogP) is 1.85. The van der Waals surface area contributed by atoms with Gasteiger partial charge in [0.2, 0.25) is 5.95 Å². The molecule has 1 atom stereocenters. The number of hydrogen-bond donors (Lipinski definition) is 0. The minimum absolute atomic E-state index is 0.435. The van der Waals surface area contributed by atoms with Crippen LogP contribution in [-0.4, -0.2) is 23.1 Å². The van der Waals surface area contributed by atoms with Crippen molar-refractivity contribution in [1.82, 2.24) is 9.97 Å². The van der Waals surface area contributed by atoms with E-state index in [-0.39, 0.29) is 0 Å². The van der Waals surface area contributed by atoms with Crippen molar-refractivity contribution in [3.05, 3.63) is 18.3 Å². The molecule has 15 heavy (non-hydrogen) atoms. The van der Waals surface area contributed by atoms with Gasteiger partial charge < -0.3 is 4.90 Å². The molecule has 1 aromatic rings. The molecule has 0 bridgehead atoms. The Morgan fingerprint density at radius 1 is 1.20 bits per heavy atom. The molecule has 2 fully saturated rings. The number of hydrogen-bond acceptors (Lipinski definition) is 3. The van der Waals surface area contributed by atoms with E-state index in [2.05, 4.69) is 14.9 Å². The van der Waals surface area contributed by atoms with Gasteiger partial charge in [-0.1, -0.05) is 0 Å². The van der Waals surface area contributed by atoms with Crippen LogP contribution in [0.1, 0.15) is 19.3 Å². The van der Waals surface area contributed by atoms with E-state index in [1.165, 1.54) is 31.7 Å². The number of halogens is 1. The average molecular weight is 207 g/mol. The smallest absolute Gasteiger partial charge is 0.218 e. The summed E-state index contributed by atoms with van der Waals surface area (Å²) in [7, 11) is 0. The van der Waals surface area contributed by atoms with E-state index in [0.29, 0.717) is 0 Å². The zero-order valence-electron chi connectivity index (χ0n) is 8.56. The van der Waals surface area contributed by atoms with Gasteiger partial charge in [0, 0.05) is 19.2 Å². The van der Waals surface area contributed by atoms with Crippen molar-refractivity contribution in [1.29, 1.82) is 0 Å². The summed E-state index contributed by atoms with van der Waals surface area (Å²) in [4.78, 5) is 9.76. The molecule has 1 aliphatic carbocycles. The highest BCUT2D eigenvalue weighted by Crippen LogP contribution is 2.41. The van der Waals surface area contributed by atoms with Crippen LogP contribution in [-0.2, 0) is 0 Å². The third-order valence-electron chi connectivity index (χ3n) is 3.46. The summed E-state index contributed by atoms with van der Waals surface area (Å²) in [6, 6.07) is 1.43. The predicted molar refractivity (Wildman–Crippen MR) is 55.0 cm³/mol. The molecule has 3 nitrogen and oxygen atoms in total. The largest absolute Gasteiger partial charge is 0.356 e. The van der Waals surface area contributed by atoms with E-state index in [4.69, 9.17) is 0 Å². The number of rotatable bonds is 2. The van der Waals surface area contributed by atoms with Crippen LogP contribution in [0.3, 0.4) is 0 Å². The van der Waals surface area contributed by atoms with Gasteiger partial charge in [-0.15, -0.1) is 0 Å². The monoisotopic (exact) mass is 207 g/mol. The van der Waals surface area contributed by atoms with Crippen molar-refractivity contribution >= 4 is 5.82 Å². The first-order valence-electron chi connectivity index (χ1n) is 5.55. The number of aromatic nitrogens is 2. The van der Waals surface area contributed by atoms with Gasteiger partial charge in [0.05, 0.1) is 0 Å². The van der Waals surface area contributed by atoms with Crippen LogP contribution < -0.4 is 4.90 Å². The van der Waals surface area contributed by atoms with Crippen LogP contribution in [0.2, 0.25) is 0 Å². The van der Waals surface area contributed by atoms with Crippen molar-refractivity contribution in [2.45, 2.75) is 19.3 Å². The van der Waals surface area contributed by atoms with Crippen LogP contribution in [0.4, 0.5) is 10.2 Å². The minimum Gasteiger partial charge on any atom is -0.356 e. The highest BCUT2D eigenvalue weighted by Gasteiger charge is 2.36. The maximum Gasteiger partial charge on any atom is 0.218 e. The van der Waals surface area contributed by atoms with Crippen LogP contribution in [0.15, 0.2) is 12.4 Å². The summed E-state index contributed by atoms with van der Waals surface area (Å²) in [6.45, 7) is 2.05. The van der Waals surface area contributed by atoms with E-state index in [1.54, 1.807) is 0 Å². The SMILES string of the molecule is Fc1cc(N2CCC(C3CC3)C2)ncn1. The Morgan fingerprint density at radius 3 is 2.80 bits per heavy atom. The molecule has 1 saturated carbocycles. The molecule has 2 heterocycles. The fraction of sp³-hybridized carbons (Fsp3) is 0.636. The summed E-state index contributed by atoms with van der Waals surface area (Å²) in [5.41, 5.74) is 0. The molecule has 3 rings (SSSR count). The lowest BCUT2D eigenvalue weighted by Crippen LogP contribution is -2.21. The summed E-state index contributed by atoms with van der Waals surface area (Å²) in [6.07, 6.45) is 5.30. The summed E-state index contributed by atoms with van der Waals surface area (Å²) >= 11 is 0. The second-order valence-corrected chi connectivity index (χ2v) is 4.53. The van der Waals surface area contributed by atoms with E-state index in [0.717, 1.165) is 30.7 Å². The van der Waals surface area contributed by atoms with Crippen LogP contribution in [0, 0.1) is 17.8 Å². The Bertz CT molecular complexity index is 365. The maximum absolute atomic E-state index is 12.9. The first-order valence-corrected chi connectivity index (χ1v) is 5.55. The quantitative estimate of drug-likeness (QED) is 0.693. The Kier molecular flexibility index (Phi) is 2.08. The first-order chi connectivity index (χ1) is 7.33. The third kappa shape index (κ3) is 1.80. The Hall–Kier alpha value is -1.19. The maximum atomic E-state index is 12.9. The van der Waals surface area contributed by atoms with Crippen LogP contribution in [0.25, 0.3) is 0 Å². The zero-order valence-corrected chi connectivity index (χ0v) is 8.56. The first kappa shape index (κ1) is 9.07. The molecule has 0 amide bonds. The van der Waals surface area contributed by atoms with E-state index in [9.17, 15) is 4.39 Å². The highest BCUT2D eigenvalue weighted by molar-refractivity contribution is 5.38. The second kappa shape index (κ2) is 3.43. The molecule has 2 aliphatic rings. The van der Waals surface area contributed by atoms with Crippen molar-refractivity contribution in [2.24, 2.45) is 11.8 Å². The molecule has 0 radical (unpaired) electrons. The minimum atomic E-state index is -0.435. The lowest BCUT2D eigenvalue weighted by molar-refractivity contribution is 0.514. The van der Waals surface area contributed by atoms with Gasteiger partial charge >= 0.3 is 0 Å². The molecular weight excluding hydrogens is 193 g/mol. The Labute approximate surface area is 88.3 Å². The average Bonchev–Trinajstić information content (AvgIpc) is 2.97. The van der Waals surface area contributed by atoms with E-state index in [1.807, 2.05) is 0 Å². The van der Waals surface area contributed by atoms with Crippen molar-refractivity contribution in [3.8, 4) is 0 Å². The van der Waals surface area contributed by atoms with Gasteiger partial charge in [-0.3, -0.25) is 0 Å². The fourth-order valence-electron chi connectivity index (χ4n) is 2.44. The lowest BCUT2D eigenvalue weighted by Gasteiger charge is -2.16. The normalized spacial score (nSPS) is 25.9. The topological polar surface area (TPSA) is 29.0 Å². The standard InChI is InChI=1S/C11H14FN3/c12-10-5-11(14-7-13-10)15-4-3-9(6-15)8-1-2-8/h5,7-9H,1-4,6H2. The Morgan fingerprint density at radius 2 is 2.07 bits per heavy atom. The van der Waals surface area contributed by atoms with Gasteiger partial charge in [-0.25, -0.2) is 9.97 Å². The van der Waals surface area contributed by atoms with Crippen molar-refractivity contribution < 1.29 is 4.39 Å². The summed E-state index contributed by atoms with van der Waals surface area (Å²) in [5.74, 6) is 2.05. The molecule has 1 unspecified atom stereocenters. The molecule has 1 aromatic heterocycles. The molecule has 0 aromatic carbocycles. The Balaban J connectivity index is 1.72. The molecule has 1 aliphatic heterocycles. The van der Waals surface area contributed by atoms with Crippen LogP contribution >= 0.6 is 0 Å². The lowest BCUT2D eigenvalue weighted by atomic mass is 10.0. The molecule has 4 heteroatoms. The van der Waals surface area contributed by atoms with Gasteiger partial charge in [0.25, 0.3) is 0 Å². The van der Waals surface area contributed by atoms with E-state index < -0.39 is 5.95 Å². The molecule has 0 N–H and O–H groups in total. The van der Waals surface area contributed by atoms with E-state index >= 15 is 0 Å². The molecule has 1 saturated heterocycles. The summed E-state index contributed by atoms with van der Waals surface area (Å²) in [5, 5.41) is 0. The van der Waals surface area contributed by atoms with Gasteiger partial charge in [0.15, 0.2) is 0 Å². The number of nitrogens with zero attached hydrogens (tertiary/aromatic N) is 3.